The molecule has 2 nitrogen and oxygen atoms in total. The van der Waals surface area contributed by atoms with E-state index in [1.807, 2.05) is 6.92 Å². The van der Waals surface area contributed by atoms with Gasteiger partial charge in [-0.25, -0.2) is 0 Å². The first-order chi connectivity index (χ1) is 4.25. The molecule has 0 atom stereocenters. The molecule has 0 amide bonds. The maximum absolute atomic E-state index is 5.80. The zero-order valence-corrected chi connectivity index (χ0v) is 7.85. The van der Waals surface area contributed by atoms with Crippen molar-refractivity contribution in [2.24, 2.45) is 0 Å². The van der Waals surface area contributed by atoms with E-state index >= 15 is 0 Å². The van der Waals surface area contributed by atoms with Gasteiger partial charge in [0.05, 0.1) is 9.77 Å². The molecule has 0 aliphatic rings. The Balaban J connectivity index is 3.04. The first kappa shape index (κ1) is 7.34. The van der Waals surface area contributed by atoms with Crippen LogP contribution in [0.5, 0.6) is 0 Å². The van der Waals surface area contributed by atoms with E-state index in [9.17, 15) is 0 Å². The molecule has 0 saturated carbocycles. The second-order valence-electron chi connectivity index (χ2n) is 1.60. The molecule has 50 valence electrons. The van der Waals surface area contributed by atoms with Crippen molar-refractivity contribution >= 4 is 34.2 Å². The molecule has 0 N–H and O–H groups in total. The molecule has 0 spiro atoms. The summed E-state index contributed by atoms with van der Waals surface area (Å²) in [6, 6.07) is 0. The van der Waals surface area contributed by atoms with E-state index in [2.05, 4.69) is 27.7 Å². The maximum Gasteiger partial charge on any atom is 0.140 e. The Morgan fingerprint density at radius 3 is 2.78 bits per heavy atom. The maximum atomic E-state index is 5.80. The molecule has 0 fully saturated rings. The normalized spacial score (nSPS) is 10.1. The Morgan fingerprint density at radius 1 is 1.89 bits per heavy atom. The highest BCUT2D eigenvalue weighted by atomic mass is 127. The van der Waals surface area contributed by atoms with Crippen LogP contribution in [0.25, 0.3) is 0 Å². The fraction of sp³-hybridized carbons (Fsp3) is 0.400. The standard InChI is InChI=1S/C5H6ClIN2/c1-2-9-5(6)4(7)3-8-9/h3H,2H2,1H3. The van der Waals surface area contributed by atoms with Crippen LogP contribution in [-0.2, 0) is 6.54 Å². The van der Waals surface area contributed by atoms with Crippen LogP contribution < -0.4 is 0 Å². The van der Waals surface area contributed by atoms with E-state index in [0.717, 1.165) is 15.3 Å². The quantitative estimate of drug-likeness (QED) is 0.704. The second-order valence-corrected chi connectivity index (χ2v) is 3.12. The zero-order valence-electron chi connectivity index (χ0n) is 4.93. The van der Waals surface area contributed by atoms with Gasteiger partial charge in [-0.15, -0.1) is 0 Å². The van der Waals surface area contributed by atoms with Crippen molar-refractivity contribution in [2.45, 2.75) is 13.5 Å². The Morgan fingerprint density at radius 2 is 2.56 bits per heavy atom. The van der Waals surface area contributed by atoms with Crippen molar-refractivity contribution in [3.63, 3.8) is 0 Å². The summed E-state index contributed by atoms with van der Waals surface area (Å²) in [5.41, 5.74) is 0. The van der Waals surface area contributed by atoms with Gasteiger partial charge in [0, 0.05) is 6.54 Å². The number of aryl methyl sites for hydroxylation is 1. The molecule has 4 heteroatoms. The molecule has 0 radical (unpaired) electrons. The van der Waals surface area contributed by atoms with Gasteiger partial charge in [0.1, 0.15) is 5.15 Å². The van der Waals surface area contributed by atoms with Crippen molar-refractivity contribution < 1.29 is 0 Å². The van der Waals surface area contributed by atoms with Crippen LogP contribution in [0.15, 0.2) is 6.20 Å². The minimum atomic E-state index is 0.734. The molecule has 0 aromatic carbocycles. The van der Waals surface area contributed by atoms with Crippen LogP contribution >= 0.6 is 34.2 Å². The number of aromatic nitrogens is 2. The lowest BCUT2D eigenvalue weighted by Crippen LogP contribution is -1.94. The molecular weight excluding hydrogens is 250 g/mol. The Kier molecular flexibility index (Phi) is 2.35. The lowest BCUT2D eigenvalue weighted by molar-refractivity contribution is 0.660. The van der Waals surface area contributed by atoms with Gasteiger partial charge in [-0.2, -0.15) is 5.10 Å². The lowest BCUT2D eigenvalue weighted by Gasteiger charge is -1.94. The summed E-state index contributed by atoms with van der Waals surface area (Å²) in [6.07, 6.45) is 1.76. The molecule has 1 heterocycles. The summed E-state index contributed by atoms with van der Waals surface area (Å²) < 4.78 is 2.76. The first-order valence-corrected chi connectivity index (χ1v) is 4.08. The average molecular weight is 256 g/mol. The SMILES string of the molecule is CCn1ncc(I)c1Cl. The van der Waals surface area contributed by atoms with Gasteiger partial charge in [-0.05, 0) is 29.5 Å². The van der Waals surface area contributed by atoms with Crippen LogP contribution in [0, 0.1) is 3.57 Å². The highest BCUT2D eigenvalue weighted by molar-refractivity contribution is 14.1. The second kappa shape index (κ2) is 2.88. The van der Waals surface area contributed by atoms with Gasteiger partial charge >= 0.3 is 0 Å². The fourth-order valence-corrected chi connectivity index (χ4v) is 1.18. The van der Waals surface area contributed by atoms with Gasteiger partial charge in [0.25, 0.3) is 0 Å². The predicted molar refractivity (Wildman–Crippen MR) is 45.6 cm³/mol. The van der Waals surface area contributed by atoms with Gasteiger partial charge in [-0.1, -0.05) is 11.6 Å². The van der Waals surface area contributed by atoms with Crippen LogP contribution in [-0.4, -0.2) is 9.78 Å². The van der Waals surface area contributed by atoms with Crippen LogP contribution in [0.1, 0.15) is 6.92 Å². The van der Waals surface area contributed by atoms with E-state index < -0.39 is 0 Å². The molecule has 1 aromatic rings. The largest absolute Gasteiger partial charge is 0.253 e. The monoisotopic (exact) mass is 256 g/mol. The molecule has 0 saturated heterocycles. The van der Waals surface area contributed by atoms with E-state index in [0.29, 0.717) is 0 Å². The van der Waals surface area contributed by atoms with E-state index in [1.165, 1.54) is 0 Å². The number of hydrogen-bond acceptors (Lipinski definition) is 1. The third-order valence-electron chi connectivity index (χ3n) is 1.03. The minimum Gasteiger partial charge on any atom is -0.253 e. The number of halogens is 2. The van der Waals surface area contributed by atoms with Gasteiger partial charge in [0.2, 0.25) is 0 Å². The average Bonchev–Trinajstić information content (AvgIpc) is 2.15. The topological polar surface area (TPSA) is 17.8 Å². The van der Waals surface area contributed by atoms with Gasteiger partial charge in [0.15, 0.2) is 0 Å². The Labute approximate surface area is 72.3 Å². The number of rotatable bonds is 1. The van der Waals surface area contributed by atoms with Crippen molar-refractivity contribution in [3.05, 3.63) is 14.9 Å². The van der Waals surface area contributed by atoms with E-state index in [4.69, 9.17) is 11.6 Å². The summed E-state index contributed by atoms with van der Waals surface area (Å²) in [7, 11) is 0. The fourth-order valence-electron chi connectivity index (χ4n) is 0.568. The van der Waals surface area contributed by atoms with E-state index in [-0.39, 0.29) is 0 Å². The molecule has 0 bridgehead atoms. The molecule has 0 aliphatic heterocycles. The lowest BCUT2D eigenvalue weighted by atomic mass is 10.7. The molecular formula is C5H6ClIN2. The predicted octanol–water partition coefficient (Wildman–Crippen LogP) is 2.16. The van der Waals surface area contributed by atoms with Crippen molar-refractivity contribution in [1.29, 1.82) is 0 Å². The summed E-state index contributed by atoms with van der Waals surface area (Å²) in [6.45, 7) is 2.84. The molecule has 0 unspecified atom stereocenters. The third-order valence-corrected chi connectivity index (χ3v) is 2.54. The van der Waals surface area contributed by atoms with Crippen molar-refractivity contribution in [1.82, 2.24) is 9.78 Å². The molecule has 0 aliphatic carbocycles. The molecule has 9 heavy (non-hydrogen) atoms. The van der Waals surface area contributed by atoms with Gasteiger partial charge < -0.3 is 0 Å². The third kappa shape index (κ3) is 1.38. The van der Waals surface area contributed by atoms with Crippen molar-refractivity contribution in [3.8, 4) is 0 Å². The summed E-state index contributed by atoms with van der Waals surface area (Å²) >= 11 is 7.96. The number of hydrogen-bond donors (Lipinski definition) is 0. The minimum absolute atomic E-state index is 0.734. The van der Waals surface area contributed by atoms with E-state index in [1.54, 1.807) is 10.9 Å². The Bertz CT molecular complexity index is 209. The van der Waals surface area contributed by atoms with Crippen molar-refractivity contribution in [2.75, 3.05) is 0 Å². The zero-order chi connectivity index (χ0) is 6.85. The number of nitrogens with zero attached hydrogens (tertiary/aromatic N) is 2. The van der Waals surface area contributed by atoms with Crippen LogP contribution in [0.4, 0.5) is 0 Å². The Hall–Kier alpha value is 0.230. The van der Waals surface area contributed by atoms with Crippen LogP contribution in [0.2, 0.25) is 5.15 Å². The molecule has 1 aromatic heterocycles. The summed E-state index contributed by atoms with van der Waals surface area (Å²) in [5.74, 6) is 0. The summed E-state index contributed by atoms with van der Waals surface area (Å²) in [5, 5.41) is 4.75. The smallest absolute Gasteiger partial charge is 0.140 e. The summed E-state index contributed by atoms with van der Waals surface area (Å²) in [4.78, 5) is 0. The van der Waals surface area contributed by atoms with Crippen LogP contribution in [0.3, 0.4) is 0 Å². The molecule has 1 rings (SSSR count). The van der Waals surface area contributed by atoms with Gasteiger partial charge in [-0.3, -0.25) is 4.68 Å². The first-order valence-electron chi connectivity index (χ1n) is 2.62. The highest BCUT2D eigenvalue weighted by Gasteiger charge is 2.01. The highest BCUT2D eigenvalue weighted by Crippen LogP contribution is 2.16.